The van der Waals surface area contributed by atoms with E-state index in [0.29, 0.717) is 12.2 Å². The average Bonchev–Trinajstić information content (AvgIpc) is 3.08. The quantitative estimate of drug-likeness (QED) is 0.445. The van der Waals surface area contributed by atoms with E-state index in [9.17, 15) is 4.79 Å². The number of aryl methyl sites for hydroxylation is 1. The van der Waals surface area contributed by atoms with Gasteiger partial charge in [0, 0.05) is 35.4 Å². The average molecular weight is 449 g/mol. The number of thioether (sulfide) groups is 2. The van der Waals surface area contributed by atoms with Crippen LogP contribution in [0.25, 0.3) is 10.2 Å². The lowest BCUT2D eigenvalue weighted by atomic mass is 10.3. The van der Waals surface area contributed by atoms with Crippen LogP contribution in [0.4, 0.5) is 0 Å². The molecule has 0 aliphatic heterocycles. The third-order valence-electron chi connectivity index (χ3n) is 4.27. The van der Waals surface area contributed by atoms with E-state index in [1.807, 2.05) is 42.5 Å². The van der Waals surface area contributed by atoms with Crippen molar-refractivity contribution in [1.29, 1.82) is 0 Å². The van der Waals surface area contributed by atoms with Crippen LogP contribution in [0, 0.1) is 0 Å². The summed E-state index contributed by atoms with van der Waals surface area (Å²) in [4.78, 5) is 18.8. The first kappa shape index (κ1) is 21.8. The van der Waals surface area contributed by atoms with E-state index < -0.39 is 0 Å². The van der Waals surface area contributed by atoms with Crippen molar-refractivity contribution in [1.82, 2.24) is 4.57 Å². The molecule has 1 heterocycles. The number of methoxy groups -OCH3 is 2. The molecule has 0 spiro atoms. The number of rotatable bonds is 9. The van der Waals surface area contributed by atoms with Crippen LogP contribution in [0.15, 0.2) is 52.4 Å². The second kappa shape index (κ2) is 10.8. The second-order valence-electron chi connectivity index (χ2n) is 6.14. The van der Waals surface area contributed by atoms with Crippen molar-refractivity contribution in [3.8, 4) is 11.5 Å². The molecule has 1 amide bonds. The van der Waals surface area contributed by atoms with Crippen LogP contribution in [0.1, 0.15) is 6.42 Å². The molecule has 0 unspecified atom stereocenters. The van der Waals surface area contributed by atoms with Gasteiger partial charge < -0.3 is 14.0 Å². The highest BCUT2D eigenvalue weighted by Crippen LogP contribution is 2.24. The molecule has 0 N–H and O–H groups in total. The molecular formula is C21H24N2O3S3. The van der Waals surface area contributed by atoms with Gasteiger partial charge in [-0.1, -0.05) is 11.3 Å². The van der Waals surface area contributed by atoms with Gasteiger partial charge in [-0.25, -0.2) is 0 Å². The van der Waals surface area contributed by atoms with Gasteiger partial charge in [-0.3, -0.25) is 4.79 Å². The Morgan fingerprint density at radius 3 is 2.48 bits per heavy atom. The predicted molar refractivity (Wildman–Crippen MR) is 124 cm³/mol. The lowest BCUT2D eigenvalue weighted by Crippen LogP contribution is -2.18. The molecule has 154 valence electrons. The molecule has 0 aliphatic carbocycles. The minimum Gasteiger partial charge on any atom is -0.497 e. The fourth-order valence-electron chi connectivity index (χ4n) is 2.75. The standard InChI is InChI=1S/C21H24N2O3S3/c1-25-15-4-7-17(8-5-15)28-12-10-20(24)22-21-23(11-13-27-3)18-14-16(26-2)6-9-19(18)29-21/h4-9,14H,10-13H2,1-3H3. The zero-order valence-corrected chi connectivity index (χ0v) is 19.2. The van der Waals surface area contributed by atoms with Crippen LogP contribution in [-0.4, -0.2) is 42.5 Å². The zero-order valence-electron chi connectivity index (χ0n) is 16.7. The third kappa shape index (κ3) is 5.81. The van der Waals surface area contributed by atoms with E-state index in [1.165, 1.54) is 0 Å². The zero-order chi connectivity index (χ0) is 20.6. The largest absolute Gasteiger partial charge is 0.497 e. The molecule has 0 saturated carbocycles. The predicted octanol–water partition coefficient (Wildman–Crippen LogP) is 4.69. The minimum absolute atomic E-state index is 0.0950. The van der Waals surface area contributed by atoms with Crippen LogP contribution in [0.3, 0.4) is 0 Å². The Balaban J connectivity index is 1.74. The molecular weight excluding hydrogens is 424 g/mol. The van der Waals surface area contributed by atoms with E-state index in [4.69, 9.17) is 9.47 Å². The van der Waals surface area contributed by atoms with Gasteiger partial charge in [0.2, 0.25) is 5.91 Å². The van der Waals surface area contributed by atoms with Crippen LogP contribution in [0.5, 0.6) is 11.5 Å². The highest BCUT2D eigenvalue weighted by molar-refractivity contribution is 7.99. The lowest BCUT2D eigenvalue weighted by Gasteiger charge is -2.05. The molecule has 0 radical (unpaired) electrons. The van der Waals surface area contributed by atoms with E-state index in [0.717, 1.165) is 43.7 Å². The van der Waals surface area contributed by atoms with Gasteiger partial charge in [0.25, 0.3) is 0 Å². The Bertz CT molecular complexity index is 1030. The first-order chi connectivity index (χ1) is 14.1. The first-order valence-corrected chi connectivity index (χ1v) is 12.3. The fourth-order valence-corrected chi connectivity index (χ4v) is 5.01. The highest BCUT2D eigenvalue weighted by atomic mass is 32.2. The smallest absolute Gasteiger partial charge is 0.249 e. The SMILES string of the molecule is COc1ccc(SCCC(=O)N=c2sc3ccc(OC)cc3n2CCSC)cc1. The summed E-state index contributed by atoms with van der Waals surface area (Å²) in [7, 11) is 3.31. The summed E-state index contributed by atoms with van der Waals surface area (Å²) < 4.78 is 13.7. The first-order valence-electron chi connectivity index (χ1n) is 9.15. The minimum atomic E-state index is -0.0950. The summed E-state index contributed by atoms with van der Waals surface area (Å²) >= 11 is 4.97. The number of carbonyl (C=O) groups excluding carboxylic acids is 1. The second-order valence-corrected chi connectivity index (χ2v) is 9.31. The maximum atomic E-state index is 12.5. The Morgan fingerprint density at radius 1 is 1.07 bits per heavy atom. The molecule has 3 rings (SSSR count). The molecule has 0 fully saturated rings. The van der Waals surface area contributed by atoms with Gasteiger partial charge in [0.05, 0.1) is 24.4 Å². The molecule has 3 aromatic rings. The van der Waals surface area contributed by atoms with Crippen molar-refractivity contribution >= 4 is 51.0 Å². The summed E-state index contributed by atoms with van der Waals surface area (Å²) in [6.07, 6.45) is 2.48. The van der Waals surface area contributed by atoms with Crippen molar-refractivity contribution in [3.05, 3.63) is 47.3 Å². The van der Waals surface area contributed by atoms with Crippen molar-refractivity contribution in [3.63, 3.8) is 0 Å². The van der Waals surface area contributed by atoms with Crippen LogP contribution < -0.4 is 14.3 Å². The van der Waals surface area contributed by atoms with Gasteiger partial charge in [-0.2, -0.15) is 16.8 Å². The normalized spacial score (nSPS) is 11.8. The summed E-state index contributed by atoms with van der Waals surface area (Å²) in [6.45, 7) is 0.807. The van der Waals surface area contributed by atoms with E-state index in [-0.39, 0.29) is 5.91 Å². The van der Waals surface area contributed by atoms with Gasteiger partial charge >= 0.3 is 0 Å². The number of carbonyl (C=O) groups is 1. The number of thiazole rings is 1. The maximum Gasteiger partial charge on any atom is 0.249 e. The van der Waals surface area contributed by atoms with Crippen molar-refractivity contribution in [2.45, 2.75) is 17.9 Å². The highest BCUT2D eigenvalue weighted by Gasteiger charge is 2.09. The summed E-state index contributed by atoms with van der Waals surface area (Å²) in [6, 6.07) is 13.8. The molecule has 5 nitrogen and oxygen atoms in total. The van der Waals surface area contributed by atoms with Crippen LogP contribution in [-0.2, 0) is 11.3 Å². The number of nitrogens with zero attached hydrogens (tertiary/aromatic N) is 2. The molecule has 29 heavy (non-hydrogen) atoms. The summed E-state index contributed by atoms with van der Waals surface area (Å²) in [5.74, 6) is 3.19. The summed E-state index contributed by atoms with van der Waals surface area (Å²) in [5.41, 5.74) is 1.06. The number of ether oxygens (including phenoxy) is 2. The number of amides is 1. The number of hydrogen-bond donors (Lipinski definition) is 0. The summed E-state index contributed by atoms with van der Waals surface area (Å²) in [5, 5.41) is 0. The van der Waals surface area contributed by atoms with Crippen molar-refractivity contribution in [2.75, 3.05) is 32.0 Å². The van der Waals surface area contributed by atoms with Crippen LogP contribution >= 0.6 is 34.9 Å². The molecule has 0 aliphatic rings. The van der Waals surface area contributed by atoms with Crippen molar-refractivity contribution < 1.29 is 14.3 Å². The molecule has 0 bridgehead atoms. The molecule has 0 atom stereocenters. The Hall–Kier alpha value is -1.90. The van der Waals surface area contributed by atoms with E-state index in [1.54, 1.807) is 49.1 Å². The van der Waals surface area contributed by atoms with Crippen molar-refractivity contribution in [2.24, 2.45) is 4.99 Å². The monoisotopic (exact) mass is 448 g/mol. The third-order valence-corrected chi connectivity index (χ3v) is 6.94. The lowest BCUT2D eigenvalue weighted by molar-refractivity contribution is -0.117. The van der Waals surface area contributed by atoms with E-state index in [2.05, 4.69) is 15.8 Å². The molecule has 0 saturated heterocycles. The van der Waals surface area contributed by atoms with Gasteiger partial charge in [0.1, 0.15) is 11.5 Å². The maximum absolute atomic E-state index is 12.5. The Labute approximate surface area is 183 Å². The Morgan fingerprint density at radius 2 is 1.79 bits per heavy atom. The van der Waals surface area contributed by atoms with Gasteiger partial charge in [-0.05, 0) is 42.7 Å². The van der Waals surface area contributed by atoms with Gasteiger partial charge in [0.15, 0.2) is 4.80 Å². The number of aromatic nitrogens is 1. The fraction of sp³-hybridized carbons (Fsp3) is 0.333. The van der Waals surface area contributed by atoms with Crippen LogP contribution in [0.2, 0.25) is 0 Å². The van der Waals surface area contributed by atoms with E-state index >= 15 is 0 Å². The topological polar surface area (TPSA) is 52.8 Å². The number of benzene rings is 2. The number of hydrogen-bond acceptors (Lipinski definition) is 6. The molecule has 8 heteroatoms. The van der Waals surface area contributed by atoms with Gasteiger partial charge in [-0.15, -0.1) is 11.8 Å². The molecule has 1 aromatic heterocycles. The number of fused-ring (bicyclic) bond motifs is 1. The molecule has 2 aromatic carbocycles. The Kier molecular flexibility index (Phi) is 8.09.